The third kappa shape index (κ3) is 2.86. The van der Waals surface area contributed by atoms with E-state index >= 15 is 0 Å². The van der Waals surface area contributed by atoms with Gasteiger partial charge in [0.2, 0.25) is 0 Å². The van der Waals surface area contributed by atoms with Crippen LogP contribution in [0.3, 0.4) is 0 Å². The smallest absolute Gasteiger partial charge is 0.289 e. The molecule has 2 aromatic rings. The molecule has 3 rings (SSSR count). The first-order valence-corrected chi connectivity index (χ1v) is 7.68. The summed E-state index contributed by atoms with van der Waals surface area (Å²) >= 11 is 0. The number of hydrogen-bond donors (Lipinski definition) is 1. The number of hydrogen-bond acceptors (Lipinski definition) is 3. The molecule has 1 saturated carbocycles. The quantitative estimate of drug-likeness (QED) is 0.947. The minimum Gasteiger partial charge on any atom is -0.448 e. The summed E-state index contributed by atoms with van der Waals surface area (Å²) < 4.78 is 19.0. The van der Waals surface area contributed by atoms with E-state index in [2.05, 4.69) is 0 Å². The fourth-order valence-corrected chi connectivity index (χ4v) is 3.16. The zero-order chi connectivity index (χ0) is 15.7. The summed E-state index contributed by atoms with van der Waals surface area (Å²) in [6.45, 7) is 0.486. The van der Waals surface area contributed by atoms with Gasteiger partial charge in [0.1, 0.15) is 0 Å². The number of halogens is 1. The molecule has 1 heterocycles. The largest absolute Gasteiger partial charge is 0.448 e. The predicted molar refractivity (Wildman–Crippen MR) is 81.1 cm³/mol. The van der Waals surface area contributed by atoms with Crippen molar-refractivity contribution in [3.63, 3.8) is 0 Å². The van der Waals surface area contributed by atoms with E-state index in [1.807, 2.05) is 0 Å². The Morgan fingerprint density at radius 2 is 2.18 bits per heavy atom. The normalized spacial score (nSPS) is 22.0. The molecular formula is C17H20FNO3. The molecule has 22 heavy (non-hydrogen) atoms. The highest BCUT2D eigenvalue weighted by atomic mass is 19.1. The lowest BCUT2D eigenvalue weighted by molar-refractivity contribution is 0.0438. The predicted octanol–water partition coefficient (Wildman–Crippen LogP) is 3.20. The van der Waals surface area contributed by atoms with Crippen LogP contribution in [-0.2, 0) is 0 Å². The first kappa shape index (κ1) is 15.0. The molecule has 1 aliphatic rings. The van der Waals surface area contributed by atoms with Crippen molar-refractivity contribution >= 4 is 16.9 Å². The Morgan fingerprint density at radius 3 is 2.91 bits per heavy atom. The lowest BCUT2D eigenvalue weighted by Gasteiger charge is -2.30. The van der Waals surface area contributed by atoms with Gasteiger partial charge in [-0.15, -0.1) is 0 Å². The first-order valence-electron chi connectivity index (χ1n) is 7.68. The van der Waals surface area contributed by atoms with Gasteiger partial charge < -0.3 is 14.4 Å². The van der Waals surface area contributed by atoms with Gasteiger partial charge in [0, 0.05) is 24.9 Å². The maximum Gasteiger partial charge on any atom is 0.289 e. The number of aliphatic hydroxyl groups is 1. The van der Waals surface area contributed by atoms with Crippen LogP contribution in [0.5, 0.6) is 0 Å². The molecule has 2 atom stereocenters. The average molecular weight is 305 g/mol. The van der Waals surface area contributed by atoms with Gasteiger partial charge in [0.15, 0.2) is 17.2 Å². The highest BCUT2D eigenvalue weighted by Crippen LogP contribution is 2.26. The van der Waals surface area contributed by atoms with Gasteiger partial charge >= 0.3 is 0 Å². The molecule has 1 fully saturated rings. The summed E-state index contributed by atoms with van der Waals surface area (Å²) in [5, 5.41) is 10.6. The Balaban J connectivity index is 1.75. The van der Waals surface area contributed by atoms with Crippen molar-refractivity contribution in [3.8, 4) is 0 Å². The van der Waals surface area contributed by atoms with Gasteiger partial charge in [0.05, 0.1) is 6.10 Å². The maximum absolute atomic E-state index is 13.6. The molecule has 0 spiro atoms. The molecule has 1 aromatic heterocycles. The van der Waals surface area contributed by atoms with Crippen LogP contribution in [0.15, 0.2) is 28.7 Å². The van der Waals surface area contributed by atoms with E-state index in [1.165, 1.54) is 6.07 Å². The molecule has 2 unspecified atom stereocenters. The van der Waals surface area contributed by atoms with E-state index in [9.17, 15) is 14.3 Å². The molecule has 0 radical (unpaired) electrons. The van der Waals surface area contributed by atoms with Crippen LogP contribution in [0, 0.1) is 11.7 Å². The number of aliphatic hydroxyl groups excluding tert-OH is 1. The SMILES string of the molecule is CN(CC1CCCCC1O)C(=O)c1cc2cccc(F)c2o1. The molecule has 0 saturated heterocycles. The van der Waals surface area contributed by atoms with Crippen molar-refractivity contribution in [2.75, 3.05) is 13.6 Å². The monoisotopic (exact) mass is 305 g/mol. The number of nitrogens with zero attached hydrogens (tertiary/aromatic N) is 1. The number of fused-ring (bicyclic) bond motifs is 1. The van der Waals surface area contributed by atoms with Gasteiger partial charge in [-0.2, -0.15) is 0 Å². The van der Waals surface area contributed by atoms with Crippen molar-refractivity contribution in [1.29, 1.82) is 0 Å². The third-order valence-electron chi connectivity index (χ3n) is 4.43. The summed E-state index contributed by atoms with van der Waals surface area (Å²) in [6, 6.07) is 6.17. The van der Waals surface area contributed by atoms with Crippen molar-refractivity contribution in [2.24, 2.45) is 5.92 Å². The van der Waals surface area contributed by atoms with E-state index in [1.54, 1.807) is 30.1 Å². The van der Waals surface area contributed by atoms with Crippen LogP contribution in [0.2, 0.25) is 0 Å². The number of amides is 1. The summed E-state index contributed by atoms with van der Waals surface area (Å²) in [5.41, 5.74) is 0.108. The third-order valence-corrected chi connectivity index (χ3v) is 4.43. The molecule has 118 valence electrons. The molecule has 0 bridgehead atoms. The van der Waals surface area contributed by atoms with Crippen LogP contribution in [0.1, 0.15) is 36.2 Å². The Morgan fingerprint density at radius 1 is 1.41 bits per heavy atom. The first-order chi connectivity index (χ1) is 10.6. The van der Waals surface area contributed by atoms with Crippen LogP contribution in [0.25, 0.3) is 11.0 Å². The maximum atomic E-state index is 13.6. The molecule has 5 heteroatoms. The summed E-state index contributed by atoms with van der Waals surface area (Å²) in [6.07, 6.45) is 3.49. The molecule has 1 aliphatic carbocycles. The van der Waals surface area contributed by atoms with E-state index in [0.717, 1.165) is 25.7 Å². The fourth-order valence-electron chi connectivity index (χ4n) is 3.16. The topological polar surface area (TPSA) is 53.7 Å². The fraction of sp³-hybridized carbons (Fsp3) is 0.471. The van der Waals surface area contributed by atoms with E-state index in [4.69, 9.17) is 4.42 Å². The van der Waals surface area contributed by atoms with Gasteiger partial charge in [-0.05, 0) is 25.0 Å². The lowest BCUT2D eigenvalue weighted by Crippen LogP contribution is -2.37. The molecule has 1 N–H and O–H groups in total. The number of benzene rings is 1. The summed E-state index contributed by atoms with van der Waals surface area (Å²) in [4.78, 5) is 14.0. The molecular weight excluding hydrogens is 285 g/mol. The van der Waals surface area contributed by atoms with Gasteiger partial charge in [-0.1, -0.05) is 25.0 Å². The Hall–Kier alpha value is -1.88. The number of para-hydroxylation sites is 1. The minimum atomic E-state index is -0.470. The van der Waals surface area contributed by atoms with Crippen LogP contribution in [0.4, 0.5) is 4.39 Å². The Labute approximate surface area is 128 Å². The Kier molecular flexibility index (Phi) is 4.16. The number of carbonyl (C=O) groups excluding carboxylic acids is 1. The second-order valence-electron chi connectivity index (χ2n) is 6.07. The van der Waals surface area contributed by atoms with E-state index in [-0.39, 0.29) is 29.3 Å². The average Bonchev–Trinajstić information content (AvgIpc) is 2.94. The Bertz CT molecular complexity index is 682. The number of carbonyl (C=O) groups is 1. The molecule has 0 aliphatic heterocycles. The van der Waals surface area contributed by atoms with Gasteiger partial charge in [-0.3, -0.25) is 4.79 Å². The second-order valence-corrected chi connectivity index (χ2v) is 6.07. The number of furan rings is 1. The van der Waals surface area contributed by atoms with Crippen molar-refractivity contribution in [3.05, 3.63) is 35.8 Å². The van der Waals surface area contributed by atoms with Crippen LogP contribution >= 0.6 is 0 Å². The van der Waals surface area contributed by atoms with E-state index in [0.29, 0.717) is 11.9 Å². The lowest BCUT2D eigenvalue weighted by atomic mass is 9.86. The minimum absolute atomic E-state index is 0.101. The molecule has 1 amide bonds. The molecule has 1 aromatic carbocycles. The highest BCUT2D eigenvalue weighted by Gasteiger charge is 2.27. The van der Waals surface area contributed by atoms with E-state index < -0.39 is 5.82 Å². The van der Waals surface area contributed by atoms with Crippen molar-refractivity contribution in [2.45, 2.75) is 31.8 Å². The number of rotatable bonds is 3. The zero-order valence-corrected chi connectivity index (χ0v) is 12.6. The molecule has 4 nitrogen and oxygen atoms in total. The zero-order valence-electron chi connectivity index (χ0n) is 12.6. The standard InChI is InChI=1S/C17H20FNO3/c1-19(10-12-5-2-3-8-14(12)20)17(21)15-9-11-6-4-7-13(18)16(11)22-15/h4,6-7,9,12,14,20H,2-3,5,8,10H2,1H3. The van der Waals surface area contributed by atoms with Crippen LogP contribution < -0.4 is 0 Å². The second kappa shape index (κ2) is 6.08. The van der Waals surface area contributed by atoms with Gasteiger partial charge in [-0.25, -0.2) is 4.39 Å². The van der Waals surface area contributed by atoms with Crippen molar-refractivity contribution < 1.29 is 18.7 Å². The highest BCUT2D eigenvalue weighted by molar-refractivity contribution is 5.96. The summed E-state index contributed by atoms with van der Waals surface area (Å²) in [5.74, 6) is -0.521. The van der Waals surface area contributed by atoms with Gasteiger partial charge in [0.25, 0.3) is 5.91 Å². The van der Waals surface area contributed by atoms with Crippen molar-refractivity contribution in [1.82, 2.24) is 4.90 Å². The summed E-state index contributed by atoms with van der Waals surface area (Å²) in [7, 11) is 1.69. The van der Waals surface area contributed by atoms with Crippen LogP contribution in [-0.4, -0.2) is 35.6 Å².